The second-order valence-corrected chi connectivity index (χ2v) is 5.86. The Kier molecular flexibility index (Phi) is 5.49. The molecule has 20 heavy (non-hydrogen) atoms. The van der Waals surface area contributed by atoms with Crippen molar-refractivity contribution in [2.24, 2.45) is 0 Å². The molecule has 0 unspecified atom stereocenters. The third kappa shape index (κ3) is 4.02. The predicted molar refractivity (Wildman–Crippen MR) is 79.6 cm³/mol. The van der Waals surface area contributed by atoms with Crippen LogP contribution < -0.4 is 10.1 Å². The molecule has 0 amide bonds. The highest BCUT2D eigenvalue weighted by molar-refractivity contribution is 7.11. The van der Waals surface area contributed by atoms with Crippen molar-refractivity contribution in [3.05, 3.63) is 45.7 Å². The number of rotatable bonds is 7. The summed E-state index contributed by atoms with van der Waals surface area (Å²) < 4.78 is 19.6. The van der Waals surface area contributed by atoms with Gasteiger partial charge in [-0.25, -0.2) is 9.37 Å². The summed E-state index contributed by atoms with van der Waals surface area (Å²) in [5, 5.41) is 4.25. The van der Waals surface area contributed by atoms with Crippen LogP contribution in [-0.4, -0.2) is 11.5 Å². The Morgan fingerprint density at radius 1 is 1.40 bits per heavy atom. The first-order chi connectivity index (χ1) is 9.70. The fraction of sp³-hybridized carbons (Fsp3) is 0.400. The van der Waals surface area contributed by atoms with Gasteiger partial charge in [-0.3, -0.25) is 0 Å². The van der Waals surface area contributed by atoms with Crippen LogP contribution in [0.15, 0.2) is 24.4 Å². The summed E-state index contributed by atoms with van der Waals surface area (Å²) in [7, 11) is 0. The van der Waals surface area contributed by atoms with E-state index in [1.165, 1.54) is 6.07 Å². The predicted octanol–water partition coefficient (Wildman–Crippen LogP) is 3.67. The number of nitrogens with zero attached hydrogens (tertiary/aromatic N) is 1. The monoisotopic (exact) mass is 294 g/mol. The van der Waals surface area contributed by atoms with Gasteiger partial charge in [0.05, 0.1) is 9.88 Å². The van der Waals surface area contributed by atoms with Gasteiger partial charge in [-0.2, -0.15) is 0 Å². The van der Waals surface area contributed by atoms with E-state index in [1.54, 1.807) is 23.6 Å². The first-order valence-electron chi connectivity index (χ1n) is 6.73. The lowest BCUT2D eigenvalue weighted by Gasteiger charge is -2.12. The standard InChI is InChI=1S/C15H19FN2OS/c1-3-7-17-8-12-5-4-6-14(16)15(12)19-10-13-9-18-11(2)20-13/h4-6,9,17H,3,7-8,10H2,1-2H3. The molecule has 2 aromatic rings. The largest absolute Gasteiger partial charge is 0.485 e. The fourth-order valence-electron chi connectivity index (χ4n) is 1.87. The number of benzene rings is 1. The van der Waals surface area contributed by atoms with Gasteiger partial charge in [0.15, 0.2) is 11.6 Å². The van der Waals surface area contributed by atoms with Crippen molar-refractivity contribution in [3.8, 4) is 5.75 Å². The molecule has 1 aromatic carbocycles. The second kappa shape index (κ2) is 7.36. The Morgan fingerprint density at radius 2 is 2.25 bits per heavy atom. The molecule has 108 valence electrons. The highest BCUT2D eigenvalue weighted by atomic mass is 32.1. The van der Waals surface area contributed by atoms with E-state index < -0.39 is 0 Å². The van der Waals surface area contributed by atoms with Gasteiger partial charge in [0.1, 0.15) is 6.61 Å². The van der Waals surface area contributed by atoms with Crippen LogP contribution in [-0.2, 0) is 13.2 Å². The minimum absolute atomic E-state index is 0.318. The van der Waals surface area contributed by atoms with Gasteiger partial charge >= 0.3 is 0 Å². The van der Waals surface area contributed by atoms with Crippen molar-refractivity contribution in [1.82, 2.24) is 10.3 Å². The Morgan fingerprint density at radius 3 is 2.95 bits per heavy atom. The van der Waals surface area contributed by atoms with Crippen molar-refractivity contribution in [1.29, 1.82) is 0 Å². The van der Waals surface area contributed by atoms with Crippen molar-refractivity contribution in [2.45, 2.75) is 33.4 Å². The van der Waals surface area contributed by atoms with E-state index in [-0.39, 0.29) is 5.82 Å². The Hall–Kier alpha value is -1.46. The maximum Gasteiger partial charge on any atom is 0.165 e. The topological polar surface area (TPSA) is 34.1 Å². The van der Waals surface area contributed by atoms with Crippen LogP contribution >= 0.6 is 11.3 Å². The number of hydrogen-bond donors (Lipinski definition) is 1. The van der Waals surface area contributed by atoms with Crippen molar-refractivity contribution < 1.29 is 9.13 Å². The lowest BCUT2D eigenvalue weighted by Crippen LogP contribution is -2.15. The molecule has 0 atom stereocenters. The van der Waals surface area contributed by atoms with Crippen LogP contribution in [0.1, 0.15) is 28.8 Å². The molecule has 2 rings (SSSR count). The van der Waals surface area contributed by atoms with E-state index in [4.69, 9.17) is 4.74 Å². The number of para-hydroxylation sites is 1. The number of halogens is 1. The van der Waals surface area contributed by atoms with Crippen LogP contribution in [0.3, 0.4) is 0 Å². The first-order valence-corrected chi connectivity index (χ1v) is 7.54. The van der Waals surface area contributed by atoms with E-state index >= 15 is 0 Å². The maximum absolute atomic E-state index is 13.9. The molecule has 0 radical (unpaired) electrons. The summed E-state index contributed by atoms with van der Waals surface area (Å²) in [5.74, 6) is 0.0178. The molecule has 0 aliphatic rings. The zero-order chi connectivity index (χ0) is 14.4. The van der Waals surface area contributed by atoms with Gasteiger partial charge in [0, 0.05) is 18.3 Å². The summed E-state index contributed by atoms with van der Waals surface area (Å²) in [6.07, 6.45) is 2.82. The SMILES string of the molecule is CCCNCc1cccc(F)c1OCc1cnc(C)s1. The quantitative estimate of drug-likeness (QED) is 0.791. The maximum atomic E-state index is 13.9. The molecular weight excluding hydrogens is 275 g/mol. The molecule has 3 nitrogen and oxygen atoms in total. The number of hydrogen-bond acceptors (Lipinski definition) is 4. The van der Waals surface area contributed by atoms with E-state index in [9.17, 15) is 4.39 Å². The third-order valence-electron chi connectivity index (χ3n) is 2.82. The van der Waals surface area contributed by atoms with Crippen molar-refractivity contribution in [2.75, 3.05) is 6.54 Å². The minimum atomic E-state index is -0.318. The lowest BCUT2D eigenvalue weighted by molar-refractivity contribution is 0.289. The normalized spacial score (nSPS) is 10.8. The van der Waals surface area contributed by atoms with Crippen molar-refractivity contribution >= 4 is 11.3 Å². The summed E-state index contributed by atoms with van der Waals surface area (Å²) in [4.78, 5) is 5.17. The summed E-state index contributed by atoms with van der Waals surface area (Å²) in [6.45, 7) is 5.92. The van der Waals surface area contributed by atoms with Crippen LogP contribution in [0, 0.1) is 12.7 Å². The van der Waals surface area contributed by atoms with Crippen LogP contribution in [0.5, 0.6) is 5.75 Å². The molecule has 0 saturated carbocycles. The third-order valence-corrected chi connectivity index (χ3v) is 3.70. The zero-order valence-electron chi connectivity index (χ0n) is 11.8. The van der Waals surface area contributed by atoms with E-state index in [0.29, 0.717) is 18.9 Å². The average Bonchev–Trinajstić information content (AvgIpc) is 2.84. The molecule has 0 aliphatic carbocycles. The zero-order valence-corrected chi connectivity index (χ0v) is 12.6. The van der Waals surface area contributed by atoms with E-state index in [2.05, 4.69) is 17.2 Å². The van der Waals surface area contributed by atoms with Crippen LogP contribution in [0.4, 0.5) is 4.39 Å². The summed E-state index contributed by atoms with van der Waals surface area (Å²) >= 11 is 1.57. The van der Waals surface area contributed by atoms with Crippen LogP contribution in [0.2, 0.25) is 0 Å². The molecule has 1 aromatic heterocycles. The molecule has 0 fully saturated rings. The van der Waals surface area contributed by atoms with Gasteiger partial charge in [-0.15, -0.1) is 11.3 Å². The summed E-state index contributed by atoms with van der Waals surface area (Å²) in [5.41, 5.74) is 0.847. The van der Waals surface area contributed by atoms with Gasteiger partial charge in [0.25, 0.3) is 0 Å². The number of thiazole rings is 1. The highest BCUT2D eigenvalue weighted by Crippen LogP contribution is 2.24. The average molecular weight is 294 g/mol. The van der Waals surface area contributed by atoms with Gasteiger partial charge in [-0.05, 0) is 26.0 Å². The molecule has 1 heterocycles. The number of ether oxygens (including phenoxy) is 1. The highest BCUT2D eigenvalue weighted by Gasteiger charge is 2.10. The molecule has 0 aliphatic heterocycles. The first kappa shape index (κ1) is 14.9. The van der Waals surface area contributed by atoms with Gasteiger partial charge < -0.3 is 10.1 Å². The number of nitrogens with one attached hydrogen (secondary N) is 1. The molecule has 0 spiro atoms. The Balaban J connectivity index is 2.04. The molecular formula is C15H19FN2OS. The lowest BCUT2D eigenvalue weighted by atomic mass is 10.2. The molecule has 0 bridgehead atoms. The smallest absolute Gasteiger partial charge is 0.165 e. The molecule has 1 N–H and O–H groups in total. The van der Waals surface area contributed by atoms with E-state index in [1.807, 2.05) is 13.0 Å². The van der Waals surface area contributed by atoms with Gasteiger partial charge in [0.2, 0.25) is 0 Å². The molecule has 5 heteroatoms. The number of aromatic nitrogens is 1. The summed E-state index contributed by atoms with van der Waals surface area (Å²) in [6, 6.07) is 5.03. The number of aryl methyl sites for hydroxylation is 1. The van der Waals surface area contributed by atoms with Crippen molar-refractivity contribution in [3.63, 3.8) is 0 Å². The second-order valence-electron chi connectivity index (χ2n) is 4.54. The molecule has 0 saturated heterocycles. The Labute approximate surface area is 122 Å². The Bertz CT molecular complexity index is 557. The fourth-order valence-corrected chi connectivity index (χ4v) is 2.58. The van der Waals surface area contributed by atoms with E-state index in [0.717, 1.165) is 28.4 Å². The minimum Gasteiger partial charge on any atom is -0.485 e. The van der Waals surface area contributed by atoms with Crippen LogP contribution in [0.25, 0.3) is 0 Å². The van der Waals surface area contributed by atoms with Gasteiger partial charge in [-0.1, -0.05) is 19.1 Å².